The number of hydrogen-bond donors (Lipinski definition) is 0. The predicted octanol–water partition coefficient (Wildman–Crippen LogP) is 1.31. The molecule has 2 nitrogen and oxygen atoms in total. The maximum atomic E-state index is 11.9. The Kier molecular flexibility index (Phi) is 1.64. The molecule has 0 bridgehead atoms. The van der Waals surface area contributed by atoms with E-state index in [1.54, 1.807) is 0 Å². The summed E-state index contributed by atoms with van der Waals surface area (Å²) in [6, 6.07) is 0. The highest BCUT2D eigenvalue weighted by Gasteiger charge is 2.56. The summed E-state index contributed by atoms with van der Waals surface area (Å²) in [7, 11) is 0. The Hall–Kier alpha value is -0.290. The molecule has 1 fully saturated rings. The van der Waals surface area contributed by atoms with Crippen molar-refractivity contribution in [1.82, 2.24) is 0 Å². The van der Waals surface area contributed by atoms with Gasteiger partial charge in [-0.25, -0.2) is 0 Å². The fourth-order valence-electron chi connectivity index (χ4n) is 0.678. The van der Waals surface area contributed by atoms with E-state index in [0.717, 1.165) is 6.92 Å². The van der Waals surface area contributed by atoms with Gasteiger partial charge in [0.25, 0.3) is 5.79 Å². The van der Waals surface area contributed by atoms with Crippen molar-refractivity contribution in [1.29, 1.82) is 0 Å². The van der Waals surface area contributed by atoms with Crippen LogP contribution in [0.2, 0.25) is 0 Å². The highest BCUT2D eigenvalue weighted by atomic mass is 19.4. The average Bonchev–Trinajstić information content (AvgIpc) is 2.13. The van der Waals surface area contributed by atoms with Crippen molar-refractivity contribution in [2.24, 2.45) is 0 Å². The molecular formula is C5H7F3O2. The Labute approximate surface area is 55.9 Å². The Balaban J connectivity index is 2.67. The molecule has 0 aliphatic carbocycles. The second kappa shape index (κ2) is 2.10. The van der Waals surface area contributed by atoms with Gasteiger partial charge in [0.1, 0.15) is 0 Å². The first-order valence-electron chi connectivity index (χ1n) is 2.80. The molecule has 1 heterocycles. The van der Waals surface area contributed by atoms with Gasteiger partial charge >= 0.3 is 6.18 Å². The van der Waals surface area contributed by atoms with E-state index in [0.29, 0.717) is 0 Å². The lowest BCUT2D eigenvalue weighted by atomic mass is 10.3. The molecule has 1 saturated heterocycles. The van der Waals surface area contributed by atoms with E-state index < -0.39 is 12.0 Å². The summed E-state index contributed by atoms with van der Waals surface area (Å²) in [5.41, 5.74) is 0. The number of alkyl halides is 3. The van der Waals surface area contributed by atoms with Crippen LogP contribution in [0.1, 0.15) is 6.92 Å². The van der Waals surface area contributed by atoms with Gasteiger partial charge in [0.2, 0.25) is 0 Å². The van der Waals surface area contributed by atoms with E-state index in [9.17, 15) is 13.2 Å². The lowest BCUT2D eigenvalue weighted by molar-refractivity contribution is -0.334. The van der Waals surface area contributed by atoms with Crippen LogP contribution in [0.4, 0.5) is 13.2 Å². The largest absolute Gasteiger partial charge is 0.442 e. The molecule has 1 aliphatic heterocycles. The van der Waals surface area contributed by atoms with Gasteiger partial charge in [-0.2, -0.15) is 13.2 Å². The maximum Gasteiger partial charge on any atom is 0.442 e. The third kappa shape index (κ3) is 1.11. The summed E-state index contributed by atoms with van der Waals surface area (Å²) in [5.74, 6) is -2.37. The molecule has 5 heteroatoms. The Bertz CT molecular complexity index is 125. The van der Waals surface area contributed by atoms with Gasteiger partial charge in [0, 0.05) is 0 Å². The molecule has 0 amide bonds. The van der Waals surface area contributed by atoms with Crippen LogP contribution in [0.3, 0.4) is 0 Å². The second-order valence-electron chi connectivity index (χ2n) is 2.14. The molecule has 10 heavy (non-hydrogen) atoms. The van der Waals surface area contributed by atoms with Crippen LogP contribution in [0, 0.1) is 0 Å². The number of ether oxygens (including phenoxy) is 2. The molecule has 0 atom stereocenters. The standard InChI is InChI=1S/C5H7F3O2/c1-4(5(6,7)8)9-2-3-10-4/h2-3H2,1H3. The smallest absolute Gasteiger partial charge is 0.340 e. The highest BCUT2D eigenvalue weighted by molar-refractivity contribution is 4.76. The Morgan fingerprint density at radius 3 is 1.80 bits per heavy atom. The molecule has 0 N–H and O–H groups in total. The first-order valence-corrected chi connectivity index (χ1v) is 2.80. The van der Waals surface area contributed by atoms with Crippen LogP contribution in [0.5, 0.6) is 0 Å². The van der Waals surface area contributed by atoms with E-state index in [4.69, 9.17) is 0 Å². The SMILES string of the molecule is CC1(C(F)(F)F)OCCO1. The van der Waals surface area contributed by atoms with E-state index >= 15 is 0 Å². The van der Waals surface area contributed by atoms with Gasteiger partial charge in [-0.1, -0.05) is 0 Å². The van der Waals surface area contributed by atoms with E-state index in [1.807, 2.05) is 0 Å². The molecule has 0 aromatic heterocycles. The Morgan fingerprint density at radius 1 is 1.20 bits per heavy atom. The first kappa shape index (κ1) is 7.81. The third-order valence-electron chi connectivity index (χ3n) is 1.35. The summed E-state index contributed by atoms with van der Waals surface area (Å²) in [4.78, 5) is 0. The van der Waals surface area contributed by atoms with Gasteiger partial charge < -0.3 is 9.47 Å². The van der Waals surface area contributed by atoms with E-state index in [-0.39, 0.29) is 13.2 Å². The second-order valence-corrected chi connectivity index (χ2v) is 2.14. The molecule has 0 spiro atoms. The van der Waals surface area contributed by atoms with E-state index in [1.165, 1.54) is 0 Å². The highest BCUT2D eigenvalue weighted by Crippen LogP contribution is 2.36. The number of halogens is 3. The van der Waals surface area contributed by atoms with Crippen LogP contribution >= 0.6 is 0 Å². The third-order valence-corrected chi connectivity index (χ3v) is 1.35. The average molecular weight is 156 g/mol. The van der Waals surface area contributed by atoms with Crippen molar-refractivity contribution in [3.05, 3.63) is 0 Å². The van der Waals surface area contributed by atoms with E-state index in [2.05, 4.69) is 9.47 Å². The summed E-state index contributed by atoms with van der Waals surface area (Å²) >= 11 is 0. The van der Waals surface area contributed by atoms with Crippen LogP contribution in [-0.4, -0.2) is 25.2 Å². The van der Waals surface area contributed by atoms with Gasteiger partial charge in [0.05, 0.1) is 13.2 Å². The Morgan fingerprint density at radius 2 is 1.60 bits per heavy atom. The molecular weight excluding hydrogens is 149 g/mol. The zero-order valence-corrected chi connectivity index (χ0v) is 5.36. The molecule has 0 unspecified atom stereocenters. The predicted molar refractivity (Wildman–Crippen MR) is 26.4 cm³/mol. The van der Waals surface area contributed by atoms with Gasteiger partial charge in [0.15, 0.2) is 0 Å². The molecule has 0 aromatic rings. The van der Waals surface area contributed by atoms with Crippen molar-refractivity contribution in [2.45, 2.75) is 18.9 Å². The zero-order valence-electron chi connectivity index (χ0n) is 5.36. The monoisotopic (exact) mass is 156 g/mol. The molecule has 1 rings (SSSR count). The minimum Gasteiger partial charge on any atom is -0.340 e. The summed E-state index contributed by atoms with van der Waals surface area (Å²) in [6.45, 7) is 0.895. The van der Waals surface area contributed by atoms with Crippen molar-refractivity contribution in [3.63, 3.8) is 0 Å². The van der Waals surface area contributed by atoms with Gasteiger partial charge in [-0.15, -0.1) is 0 Å². The van der Waals surface area contributed by atoms with Crippen LogP contribution in [-0.2, 0) is 9.47 Å². The lowest BCUT2D eigenvalue weighted by Crippen LogP contribution is -2.43. The summed E-state index contributed by atoms with van der Waals surface area (Å²) in [5, 5.41) is 0. The van der Waals surface area contributed by atoms with Crippen molar-refractivity contribution < 1.29 is 22.6 Å². The zero-order chi connectivity index (χ0) is 7.83. The molecule has 60 valence electrons. The summed E-state index contributed by atoms with van der Waals surface area (Å²) in [6.07, 6.45) is -4.43. The molecule has 1 aliphatic rings. The van der Waals surface area contributed by atoms with Crippen molar-refractivity contribution in [2.75, 3.05) is 13.2 Å². The van der Waals surface area contributed by atoms with Crippen molar-refractivity contribution in [3.8, 4) is 0 Å². The fraction of sp³-hybridized carbons (Fsp3) is 1.00. The molecule has 0 radical (unpaired) electrons. The number of hydrogen-bond acceptors (Lipinski definition) is 2. The lowest BCUT2D eigenvalue weighted by Gasteiger charge is -2.24. The maximum absolute atomic E-state index is 11.9. The van der Waals surface area contributed by atoms with Crippen LogP contribution in [0.25, 0.3) is 0 Å². The quantitative estimate of drug-likeness (QED) is 0.526. The molecule has 0 aromatic carbocycles. The first-order chi connectivity index (χ1) is 4.46. The fourth-order valence-corrected chi connectivity index (χ4v) is 0.678. The molecule has 0 saturated carbocycles. The number of rotatable bonds is 0. The minimum atomic E-state index is -4.43. The topological polar surface area (TPSA) is 18.5 Å². The van der Waals surface area contributed by atoms with Gasteiger partial charge in [-0.3, -0.25) is 0 Å². The van der Waals surface area contributed by atoms with Crippen molar-refractivity contribution >= 4 is 0 Å². The van der Waals surface area contributed by atoms with Gasteiger partial charge in [-0.05, 0) is 6.92 Å². The summed E-state index contributed by atoms with van der Waals surface area (Å²) < 4.78 is 44.4. The van der Waals surface area contributed by atoms with Crippen LogP contribution in [0.15, 0.2) is 0 Å². The van der Waals surface area contributed by atoms with Crippen LogP contribution < -0.4 is 0 Å². The minimum absolute atomic E-state index is 0.00993. The normalized spacial score (nSPS) is 25.2.